The maximum Gasteiger partial charge on any atom is 0.317 e. The van der Waals surface area contributed by atoms with E-state index < -0.39 is 17.9 Å². The van der Waals surface area contributed by atoms with E-state index in [0.29, 0.717) is 49.7 Å². The number of carboxylic acids is 3. The molecule has 1 aliphatic rings. The van der Waals surface area contributed by atoms with Crippen LogP contribution in [-0.4, -0.2) is 219 Å². The number of hydrogen-bond acceptors (Lipinski definition) is 18. The van der Waals surface area contributed by atoms with Crippen molar-refractivity contribution < 1.29 is 53.6 Å². The van der Waals surface area contributed by atoms with E-state index in [1.54, 1.807) is 51.2 Å². The smallest absolute Gasteiger partial charge is 0.317 e. The van der Waals surface area contributed by atoms with E-state index in [-0.39, 0.29) is 134 Å². The Morgan fingerprint density at radius 1 is 0.540 bits per heavy atom. The monoisotopic (exact) mass is 881 g/mol. The number of aromatic nitrogens is 6. The highest BCUT2D eigenvalue weighted by Gasteiger charge is 2.21. The third-order valence-electron chi connectivity index (χ3n) is 9.34. The fraction of sp³-hybridized carbons (Fsp3) is 0.538. The SMILES string of the molecule is O=C(O)CN1CCN(CC(=O)O)CCN(CC(=O)NCCOCCOCCNC(=O)CCCC(=O)Nc2ccc(-c3nnc(-c4ccccn4)nn3)nc2)CCN(CC(=O)O)CC1. The highest BCUT2D eigenvalue weighted by Crippen LogP contribution is 2.15. The molecule has 0 bridgehead atoms. The molecule has 63 heavy (non-hydrogen) atoms. The molecule has 3 amide bonds. The van der Waals surface area contributed by atoms with E-state index in [4.69, 9.17) is 9.47 Å². The topological polar surface area (TPSA) is 308 Å². The normalized spacial score (nSPS) is 14.8. The summed E-state index contributed by atoms with van der Waals surface area (Å²) < 4.78 is 11.0. The van der Waals surface area contributed by atoms with Crippen molar-refractivity contribution in [1.82, 2.24) is 60.6 Å². The van der Waals surface area contributed by atoms with E-state index in [1.165, 1.54) is 6.20 Å². The Morgan fingerprint density at radius 2 is 1.00 bits per heavy atom. The van der Waals surface area contributed by atoms with Gasteiger partial charge in [0.05, 0.1) is 64.5 Å². The van der Waals surface area contributed by atoms with Gasteiger partial charge in [0.15, 0.2) is 0 Å². The number of ether oxygens (including phenoxy) is 2. The maximum absolute atomic E-state index is 12.8. The van der Waals surface area contributed by atoms with Crippen LogP contribution < -0.4 is 16.0 Å². The fourth-order valence-corrected chi connectivity index (χ4v) is 6.14. The van der Waals surface area contributed by atoms with Crippen LogP contribution in [0.1, 0.15) is 19.3 Å². The second kappa shape index (κ2) is 27.7. The third-order valence-corrected chi connectivity index (χ3v) is 9.34. The second-order valence-corrected chi connectivity index (χ2v) is 14.3. The molecule has 0 atom stereocenters. The molecule has 0 aromatic carbocycles. The van der Waals surface area contributed by atoms with Gasteiger partial charge in [-0.3, -0.25) is 58.3 Å². The van der Waals surface area contributed by atoms with Crippen molar-refractivity contribution in [3.8, 4) is 23.0 Å². The second-order valence-electron chi connectivity index (χ2n) is 14.3. The predicted octanol–water partition coefficient (Wildman–Crippen LogP) is -1.76. The first-order valence-electron chi connectivity index (χ1n) is 20.4. The van der Waals surface area contributed by atoms with Crippen molar-refractivity contribution in [3.05, 3.63) is 42.7 Å². The quantitative estimate of drug-likeness (QED) is 0.0543. The van der Waals surface area contributed by atoms with E-state index >= 15 is 0 Å². The minimum Gasteiger partial charge on any atom is -0.480 e. The van der Waals surface area contributed by atoms with Gasteiger partial charge in [-0.25, -0.2) is 0 Å². The first-order chi connectivity index (χ1) is 30.4. The largest absolute Gasteiger partial charge is 0.480 e. The Morgan fingerprint density at radius 3 is 1.44 bits per heavy atom. The summed E-state index contributed by atoms with van der Waals surface area (Å²) in [6.45, 7) is 3.17. The molecule has 24 nitrogen and oxygen atoms in total. The molecule has 1 aliphatic heterocycles. The Balaban J connectivity index is 1.03. The lowest BCUT2D eigenvalue weighted by Gasteiger charge is -2.32. The Hall–Kier alpha value is -6.18. The number of nitrogens with one attached hydrogen (secondary N) is 3. The summed E-state index contributed by atoms with van der Waals surface area (Å²) in [6, 6.07) is 8.62. The van der Waals surface area contributed by atoms with Crippen molar-refractivity contribution in [1.29, 1.82) is 0 Å². The van der Waals surface area contributed by atoms with Crippen LogP contribution in [-0.2, 0) is 38.2 Å². The lowest BCUT2D eigenvalue weighted by molar-refractivity contribution is -0.140. The van der Waals surface area contributed by atoms with Crippen LogP contribution in [0.5, 0.6) is 0 Å². The summed E-state index contributed by atoms with van der Waals surface area (Å²) in [5.74, 6) is -3.35. The van der Waals surface area contributed by atoms with Gasteiger partial charge in [0.2, 0.25) is 29.4 Å². The fourth-order valence-electron chi connectivity index (χ4n) is 6.14. The Bertz CT molecular complexity index is 1860. The summed E-state index contributed by atoms with van der Waals surface area (Å²) in [5, 5.41) is 52.6. The molecule has 4 rings (SSSR count). The molecule has 1 fully saturated rings. The van der Waals surface area contributed by atoms with Crippen molar-refractivity contribution in [2.75, 3.05) is 123 Å². The Labute approximate surface area is 363 Å². The number of amides is 3. The van der Waals surface area contributed by atoms with Crippen LogP contribution in [0.25, 0.3) is 23.0 Å². The highest BCUT2D eigenvalue weighted by atomic mass is 16.5. The van der Waals surface area contributed by atoms with Crippen LogP contribution in [0, 0.1) is 0 Å². The van der Waals surface area contributed by atoms with Crippen molar-refractivity contribution in [3.63, 3.8) is 0 Å². The summed E-state index contributed by atoms with van der Waals surface area (Å²) >= 11 is 0. The van der Waals surface area contributed by atoms with Gasteiger partial charge in [-0.15, -0.1) is 20.4 Å². The molecule has 0 spiro atoms. The predicted molar refractivity (Wildman–Crippen MR) is 223 cm³/mol. The zero-order valence-electron chi connectivity index (χ0n) is 35.0. The lowest BCUT2D eigenvalue weighted by Crippen LogP contribution is -2.50. The van der Waals surface area contributed by atoms with Crippen LogP contribution in [0.2, 0.25) is 0 Å². The summed E-state index contributed by atoms with van der Waals surface area (Å²) in [4.78, 5) is 87.1. The van der Waals surface area contributed by atoms with Gasteiger partial charge in [0.1, 0.15) is 11.4 Å². The minimum absolute atomic E-state index is 0.000128. The van der Waals surface area contributed by atoms with Gasteiger partial charge in [0, 0.05) is 84.5 Å². The van der Waals surface area contributed by atoms with E-state index in [0.717, 1.165) is 0 Å². The molecule has 0 saturated carbocycles. The summed E-state index contributed by atoms with van der Waals surface area (Å²) in [5.41, 5.74) is 1.44. The van der Waals surface area contributed by atoms with Crippen LogP contribution in [0.15, 0.2) is 42.7 Å². The molecule has 1 saturated heterocycles. The van der Waals surface area contributed by atoms with Crippen LogP contribution in [0.4, 0.5) is 5.69 Å². The molecule has 24 heteroatoms. The number of anilines is 1. The van der Waals surface area contributed by atoms with Crippen molar-refractivity contribution >= 4 is 41.3 Å². The molecule has 3 aromatic rings. The Kier molecular flexibility index (Phi) is 21.8. The molecule has 0 unspecified atom stereocenters. The molecule has 0 aliphatic carbocycles. The number of carbonyl (C=O) groups is 6. The highest BCUT2D eigenvalue weighted by molar-refractivity contribution is 5.91. The lowest BCUT2D eigenvalue weighted by atomic mass is 10.2. The molecular formula is C39H55N13O11. The number of aliphatic carboxylic acids is 3. The zero-order chi connectivity index (χ0) is 45.2. The van der Waals surface area contributed by atoms with Gasteiger partial charge < -0.3 is 40.7 Å². The zero-order valence-corrected chi connectivity index (χ0v) is 35.0. The average Bonchev–Trinajstić information content (AvgIpc) is 3.25. The summed E-state index contributed by atoms with van der Waals surface area (Å²) in [7, 11) is 0. The third kappa shape index (κ3) is 20.5. The van der Waals surface area contributed by atoms with E-state index in [1.807, 2.05) is 4.90 Å². The van der Waals surface area contributed by atoms with Gasteiger partial charge in [-0.2, -0.15) is 0 Å². The number of nitrogens with zero attached hydrogens (tertiary/aromatic N) is 10. The number of hydrogen-bond donors (Lipinski definition) is 6. The molecule has 4 heterocycles. The van der Waals surface area contributed by atoms with Crippen LogP contribution in [0.3, 0.4) is 0 Å². The number of carbonyl (C=O) groups excluding carboxylic acids is 3. The van der Waals surface area contributed by atoms with Gasteiger partial charge in [0.25, 0.3) is 0 Å². The van der Waals surface area contributed by atoms with Crippen LogP contribution >= 0.6 is 0 Å². The maximum atomic E-state index is 12.8. The number of pyridine rings is 2. The first kappa shape index (κ1) is 49.5. The minimum atomic E-state index is -1.03. The number of carboxylic acid groups (broad SMARTS) is 3. The molecule has 342 valence electrons. The van der Waals surface area contributed by atoms with Gasteiger partial charge in [-0.05, 0) is 30.7 Å². The van der Waals surface area contributed by atoms with Gasteiger partial charge in [-0.1, -0.05) is 6.07 Å². The van der Waals surface area contributed by atoms with Crippen molar-refractivity contribution in [2.24, 2.45) is 0 Å². The number of rotatable bonds is 24. The van der Waals surface area contributed by atoms with E-state index in [2.05, 4.69) is 46.3 Å². The summed E-state index contributed by atoms with van der Waals surface area (Å²) in [6.07, 6.45) is 3.72. The first-order valence-corrected chi connectivity index (χ1v) is 20.4. The molecule has 6 N–H and O–H groups in total. The average molecular weight is 882 g/mol. The van der Waals surface area contributed by atoms with E-state index in [9.17, 15) is 44.1 Å². The standard InChI is InChI=1S/C39H55N13O11/c53-32(5-3-6-33(54)44-29-7-8-31(43-24-29)39-47-45-38(46-48-39)30-4-1-2-9-40-30)41-10-20-62-22-23-63-21-11-42-34(55)25-49-12-14-50(26-35(56)57)16-18-52(28-37(60)61)19-17-51(15-13-49)27-36(58)59/h1-2,4,7-9,24H,3,5-6,10-23,25-28H2,(H,41,53)(H,42,55)(H,44,54)(H,56,57)(H,58,59)(H,60,61). The van der Waals surface area contributed by atoms with Gasteiger partial charge >= 0.3 is 17.9 Å². The van der Waals surface area contributed by atoms with Crippen molar-refractivity contribution in [2.45, 2.75) is 19.3 Å². The molecular weight excluding hydrogens is 827 g/mol. The molecule has 0 radical (unpaired) electrons. The molecule has 3 aromatic heterocycles.